The van der Waals surface area contributed by atoms with Crippen LogP contribution in [0.15, 0.2) is 18.5 Å². The number of pyridine rings is 1. The molecule has 0 aromatic carbocycles. The Morgan fingerprint density at radius 3 is 3.00 bits per heavy atom. The maximum Gasteiger partial charge on any atom is 0.142 e. The summed E-state index contributed by atoms with van der Waals surface area (Å²) in [5, 5.41) is 0.836. The number of aromatic nitrogens is 1. The van der Waals surface area contributed by atoms with E-state index in [-0.39, 0.29) is 5.82 Å². The molecule has 0 unspecified atom stereocenters. The Morgan fingerprint density at radius 2 is 2.33 bits per heavy atom. The summed E-state index contributed by atoms with van der Waals surface area (Å²) in [7, 11) is 0. The van der Waals surface area contributed by atoms with Gasteiger partial charge in [0, 0.05) is 23.5 Å². The van der Waals surface area contributed by atoms with Gasteiger partial charge in [-0.15, -0.1) is 0 Å². The fourth-order valence-electron chi connectivity index (χ4n) is 0.692. The standard InChI is InChI=1S/C9H7BrFN/c10-4-2-1-3-8-5-9(11)7-12-6-8/h5-7H,2,4H2. The molecule has 0 saturated heterocycles. The highest BCUT2D eigenvalue weighted by atomic mass is 79.9. The Kier molecular flexibility index (Phi) is 3.75. The van der Waals surface area contributed by atoms with Crippen molar-refractivity contribution < 1.29 is 4.39 Å². The van der Waals surface area contributed by atoms with Gasteiger partial charge in [0.15, 0.2) is 0 Å². The van der Waals surface area contributed by atoms with Crippen molar-refractivity contribution in [2.24, 2.45) is 0 Å². The number of alkyl halides is 1. The molecule has 0 radical (unpaired) electrons. The van der Waals surface area contributed by atoms with Crippen LogP contribution in [0.4, 0.5) is 4.39 Å². The molecule has 0 atom stereocenters. The lowest BCUT2D eigenvalue weighted by Gasteiger charge is -1.88. The summed E-state index contributed by atoms with van der Waals surface area (Å²) in [5.74, 6) is 5.33. The van der Waals surface area contributed by atoms with Gasteiger partial charge in [-0.2, -0.15) is 0 Å². The molecule has 1 aromatic rings. The van der Waals surface area contributed by atoms with E-state index in [9.17, 15) is 4.39 Å². The molecule has 1 heterocycles. The number of rotatable bonds is 1. The van der Waals surface area contributed by atoms with Crippen LogP contribution >= 0.6 is 15.9 Å². The molecule has 0 bridgehead atoms. The van der Waals surface area contributed by atoms with Crippen molar-refractivity contribution in [1.29, 1.82) is 0 Å². The minimum atomic E-state index is -0.347. The Balaban J connectivity index is 2.71. The zero-order chi connectivity index (χ0) is 8.81. The van der Waals surface area contributed by atoms with Crippen molar-refractivity contribution >= 4 is 15.9 Å². The molecule has 0 N–H and O–H groups in total. The van der Waals surface area contributed by atoms with E-state index < -0.39 is 0 Å². The van der Waals surface area contributed by atoms with Crippen LogP contribution in [0.25, 0.3) is 0 Å². The highest BCUT2D eigenvalue weighted by Crippen LogP contribution is 1.98. The van der Waals surface area contributed by atoms with E-state index in [4.69, 9.17) is 0 Å². The molecule has 1 aromatic heterocycles. The van der Waals surface area contributed by atoms with Gasteiger partial charge in [-0.3, -0.25) is 4.98 Å². The summed E-state index contributed by atoms with van der Waals surface area (Å²) in [6.45, 7) is 0. The van der Waals surface area contributed by atoms with E-state index in [1.165, 1.54) is 6.07 Å². The highest BCUT2D eigenvalue weighted by Gasteiger charge is 1.89. The first-order valence-corrected chi connectivity index (χ1v) is 4.60. The Bertz CT molecular complexity index is 314. The highest BCUT2D eigenvalue weighted by molar-refractivity contribution is 9.09. The lowest BCUT2D eigenvalue weighted by atomic mass is 10.3. The van der Waals surface area contributed by atoms with Gasteiger partial charge < -0.3 is 0 Å². The molecular formula is C9H7BrFN. The lowest BCUT2D eigenvalue weighted by molar-refractivity contribution is 0.621. The SMILES string of the molecule is Fc1cncc(C#CCCBr)c1. The summed E-state index contributed by atoms with van der Waals surface area (Å²) in [6.07, 6.45) is 3.47. The first-order chi connectivity index (χ1) is 5.83. The van der Waals surface area contributed by atoms with Crippen molar-refractivity contribution in [2.75, 3.05) is 5.33 Å². The second-order valence-electron chi connectivity index (χ2n) is 2.13. The van der Waals surface area contributed by atoms with Crippen LogP contribution in [0.1, 0.15) is 12.0 Å². The number of hydrogen-bond acceptors (Lipinski definition) is 1. The number of halogens is 2. The molecule has 0 aliphatic rings. The van der Waals surface area contributed by atoms with E-state index in [0.29, 0.717) is 5.56 Å². The minimum Gasteiger partial charge on any atom is -0.260 e. The van der Waals surface area contributed by atoms with Crippen LogP contribution in [-0.4, -0.2) is 10.3 Å². The second kappa shape index (κ2) is 4.89. The predicted molar refractivity (Wildman–Crippen MR) is 49.5 cm³/mol. The largest absolute Gasteiger partial charge is 0.260 e. The minimum absolute atomic E-state index is 0.347. The van der Waals surface area contributed by atoms with E-state index in [1.54, 1.807) is 6.20 Å². The molecule has 0 aliphatic carbocycles. The topological polar surface area (TPSA) is 12.9 Å². The van der Waals surface area contributed by atoms with Crippen LogP contribution in [0, 0.1) is 17.7 Å². The average Bonchev–Trinajstić information content (AvgIpc) is 2.05. The van der Waals surface area contributed by atoms with Crippen molar-refractivity contribution in [3.63, 3.8) is 0 Å². The summed E-state index contributed by atoms with van der Waals surface area (Å²) in [4.78, 5) is 3.67. The van der Waals surface area contributed by atoms with E-state index in [1.807, 2.05) is 0 Å². The molecule has 0 saturated carbocycles. The monoisotopic (exact) mass is 227 g/mol. The molecule has 0 aliphatic heterocycles. The molecule has 62 valence electrons. The van der Waals surface area contributed by atoms with Crippen molar-refractivity contribution in [3.8, 4) is 11.8 Å². The fraction of sp³-hybridized carbons (Fsp3) is 0.222. The van der Waals surface area contributed by atoms with Gasteiger partial charge in [0.2, 0.25) is 0 Å². The van der Waals surface area contributed by atoms with Gasteiger partial charge in [0.25, 0.3) is 0 Å². The number of hydrogen-bond donors (Lipinski definition) is 0. The third-order valence-electron chi connectivity index (χ3n) is 1.16. The van der Waals surface area contributed by atoms with Gasteiger partial charge >= 0.3 is 0 Å². The molecule has 0 fully saturated rings. The molecule has 3 heteroatoms. The van der Waals surface area contributed by atoms with E-state index in [2.05, 4.69) is 32.8 Å². The van der Waals surface area contributed by atoms with Gasteiger partial charge in [-0.1, -0.05) is 27.8 Å². The quantitative estimate of drug-likeness (QED) is 0.531. The lowest BCUT2D eigenvalue weighted by Crippen LogP contribution is -1.81. The molecule has 1 rings (SSSR count). The molecular weight excluding hydrogens is 221 g/mol. The van der Waals surface area contributed by atoms with Crippen molar-refractivity contribution in [2.45, 2.75) is 6.42 Å². The van der Waals surface area contributed by atoms with Crippen molar-refractivity contribution in [1.82, 2.24) is 4.98 Å². The summed E-state index contributed by atoms with van der Waals surface area (Å²) in [6, 6.07) is 1.37. The average molecular weight is 228 g/mol. The number of nitrogens with zero attached hydrogens (tertiary/aromatic N) is 1. The predicted octanol–water partition coefficient (Wildman–Crippen LogP) is 2.36. The van der Waals surface area contributed by atoms with Crippen LogP contribution in [0.5, 0.6) is 0 Å². The van der Waals surface area contributed by atoms with Crippen LogP contribution < -0.4 is 0 Å². The van der Waals surface area contributed by atoms with E-state index in [0.717, 1.165) is 17.9 Å². The smallest absolute Gasteiger partial charge is 0.142 e. The van der Waals surface area contributed by atoms with Crippen LogP contribution in [-0.2, 0) is 0 Å². The Labute approximate surface area is 79.1 Å². The van der Waals surface area contributed by atoms with Gasteiger partial charge in [-0.25, -0.2) is 4.39 Å². The molecule has 0 amide bonds. The Morgan fingerprint density at radius 1 is 1.50 bits per heavy atom. The molecule has 0 spiro atoms. The second-order valence-corrected chi connectivity index (χ2v) is 2.93. The van der Waals surface area contributed by atoms with E-state index >= 15 is 0 Å². The van der Waals surface area contributed by atoms with Crippen molar-refractivity contribution in [3.05, 3.63) is 29.8 Å². The summed E-state index contributed by atoms with van der Waals surface area (Å²) in [5.41, 5.74) is 0.621. The maximum atomic E-state index is 12.5. The zero-order valence-electron chi connectivity index (χ0n) is 6.35. The van der Waals surface area contributed by atoms with Gasteiger partial charge in [-0.05, 0) is 6.07 Å². The molecule has 12 heavy (non-hydrogen) atoms. The first-order valence-electron chi connectivity index (χ1n) is 3.48. The van der Waals surface area contributed by atoms with Gasteiger partial charge in [0.05, 0.1) is 6.20 Å². The third-order valence-corrected chi connectivity index (χ3v) is 1.55. The van der Waals surface area contributed by atoms with Gasteiger partial charge in [0.1, 0.15) is 5.82 Å². The normalized spacial score (nSPS) is 8.83. The maximum absolute atomic E-state index is 12.5. The summed E-state index contributed by atoms with van der Waals surface area (Å²) < 4.78 is 12.5. The van der Waals surface area contributed by atoms with Crippen LogP contribution in [0.2, 0.25) is 0 Å². The first kappa shape index (κ1) is 9.21. The fourth-order valence-corrected chi connectivity index (χ4v) is 0.890. The molecule has 1 nitrogen and oxygen atoms in total. The summed E-state index contributed by atoms with van der Waals surface area (Å²) >= 11 is 3.25. The Hall–Kier alpha value is -0.880. The zero-order valence-corrected chi connectivity index (χ0v) is 7.94. The van der Waals surface area contributed by atoms with Crippen LogP contribution in [0.3, 0.4) is 0 Å². The third kappa shape index (κ3) is 3.02.